The highest BCUT2D eigenvalue weighted by Crippen LogP contribution is 2.40. The monoisotopic (exact) mass is 513 g/mol. The first-order valence-corrected chi connectivity index (χ1v) is 14.1. The van der Waals surface area contributed by atoms with Crippen LogP contribution in [0.3, 0.4) is 0 Å². The number of piperidine rings is 1. The van der Waals surface area contributed by atoms with Gasteiger partial charge in [-0.1, -0.05) is 12.1 Å². The number of hydrogen-bond donors (Lipinski definition) is 2. The Morgan fingerprint density at radius 2 is 1.87 bits per heavy atom. The van der Waals surface area contributed by atoms with Gasteiger partial charge in [-0.15, -0.1) is 0 Å². The maximum Gasteiger partial charge on any atom is 0.321 e. The molecule has 0 spiro atoms. The first kappa shape index (κ1) is 25.0. The van der Waals surface area contributed by atoms with Crippen LogP contribution in [0.2, 0.25) is 0 Å². The summed E-state index contributed by atoms with van der Waals surface area (Å²) >= 11 is 0. The van der Waals surface area contributed by atoms with Gasteiger partial charge in [0.1, 0.15) is 11.6 Å². The van der Waals surface area contributed by atoms with Crippen LogP contribution in [0.15, 0.2) is 48.5 Å². The van der Waals surface area contributed by atoms with Crippen LogP contribution in [-0.4, -0.2) is 59.1 Å². The molecule has 0 saturated carbocycles. The van der Waals surface area contributed by atoms with E-state index in [2.05, 4.69) is 47.6 Å². The van der Waals surface area contributed by atoms with Crippen molar-refractivity contribution < 1.29 is 9.53 Å². The van der Waals surface area contributed by atoms with Crippen molar-refractivity contribution in [3.05, 3.63) is 59.7 Å². The van der Waals surface area contributed by atoms with Gasteiger partial charge in [0.15, 0.2) is 0 Å². The summed E-state index contributed by atoms with van der Waals surface area (Å²) in [6.07, 6.45) is 6.69. The minimum Gasteiger partial charge on any atom is -0.496 e. The summed E-state index contributed by atoms with van der Waals surface area (Å²) < 4.78 is 5.62. The molecule has 2 saturated heterocycles. The molecule has 3 heterocycles. The van der Waals surface area contributed by atoms with Crippen LogP contribution in [-0.2, 0) is 6.42 Å². The number of hydrogen-bond acceptors (Lipinski definition) is 5. The van der Waals surface area contributed by atoms with E-state index in [1.165, 1.54) is 24.0 Å². The standard InChI is InChI=1S/C31H39N5O2/c1-19(2)36-23-11-12-24(36)18-25(17-23)35(3)31(37)32-22-10-14-26-21(16-22)9-15-29(33-26)34-27-13-8-20-6-5-7-28(38-4)30(20)27/h5-7,9-10,14-16,19,23-25,27H,8,11-13,17-18H2,1-4H3,(H,32,37)(H,33,34)/t23-,24+,25?,27?. The number of fused-ring (bicyclic) bond motifs is 4. The predicted molar refractivity (Wildman–Crippen MR) is 153 cm³/mol. The van der Waals surface area contributed by atoms with Crippen LogP contribution in [0.25, 0.3) is 10.9 Å². The lowest BCUT2D eigenvalue weighted by atomic mass is 9.95. The third-order valence-corrected chi connectivity index (χ3v) is 8.92. The predicted octanol–water partition coefficient (Wildman–Crippen LogP) is 6.21. The molecule has 2 N–H and O–H groups in total. The number of carbonyl (C=O) groups is 1. The molecule has 0 radical (unpaired) electrons. The van der Waals surface area contributed by atoms with Crippen LogP contribution < -0.4 is 15.4 Å². The number of aromatic nitrogens is 1. The third-order valence-electron chi connectivity index (χ3n) is 8.92. The molecule has 3 aliphatic rings. The summed E-state index contributed by atoms with van der Waals surface area (Å²) in [5.74, 6) is 1.78. The van der Waals surface area contributed by atoms with Crippen molar-refractivity contribution in [2.24, 2.45) is 0 Å². The molecule has 38 heavy (non-hydrogen) atoms. The smallest absolute Gasteiger partial charge is 0.321 e. The van der Waals surface area contributed by atoms with E-state index < -0.39 is 0 Å². The Hall–Kier alpha value is -3.32. The van der Waals surface area contributed by atoms with Crippen molar-refractivity contribution in [3.8, 4) is 5.75 Å². The number of carbonyl (C=O) groups excluding carboxylic acids is 1. The minimum absolute atomic E-state index is 0.0353. The van der Waals surface area contributed by atoms with Gasteiger partial charge in [-0.05, 0) is 94.3 Å². The molecule has 2 unspecified atom stereocenters. The number of anilines is 2. The molecule has 4 atom stereocenters. The van der Waals surface area contributed by atoms with Gasteiger partial charge in [-0.25, -0.2) is 9.78 Å². The molecule has 1 aromatic heterocycles. The van der Waals surface area contributed by atoms with Crippen molar-refractivity contribution in [3.63, 3.8) is 0 Å². The van der Waals surface area contributed by atoms with Gasteiger partial charge in [-0.2, -0.15) is 0 Å². The third kappa shape index (κ3) is 4.57. The SMILES string of the molecule is COc1cccc2c1C(Nc1ccc3cc(NC(=O)N(C)C4C[C@H]5CC[C@@H](C4)N5C(C)C)ccc3n1)CC2. The first-order chi connectivity index (χ1) is 18.4. The van der Waals surface area contributed by atoms with Gasteiger partial charge in [0.2, 0.25) is 0 Å². The largest absolute Gasteiger partial charge is 0.496 e. The number of urea groups is 1. The van der Waals surface area contributed by atoms with Crippen molar-refractivity contribution in [2.75, 3.05) is 24.8 Å². The van der Waals surface area contributed by atoms with Crippen molar-refractivity contribution in [1.29, 1.82) is 0 Å². The summed E-state index contributed by atoms with van der Waals surface area (Å²) in [5, 5.41) is 7.74. The summed E-state index contributed by atoms with van der Waals surface area (Å²) in [4.78, 5) is 22.6. The Morgan fingerprint density at radius 3 is 2.61 bits per heavy atom. The second kappa shape index (κ2) is 10.1. The first-order valence-electron chi connectivity index (χ1n) is 14.1. The van der Waals surface area contributed by atoms with E-state index in [1.54, 1.807) is 7.11 Å². The molecule has 2 fully saturated rings. The molecule has 2 aliphatic heterocycles. The minimum atomic E-state index is -0.0353. The number of amides is 2. The number of pyridine rings is 1. The Kier molecular flexibility index (Phi) is 6.64. The number of benzene rings is 2. The number of ether oxygens (including phenoxy) is 1. The fourth-order valence-electron chi connectivity index (χ4n) is 7.15. The van der Waals surface area contributed by atoms with E-state index >= 15 is 0 Å². The van der Waals surface area contributed by atoms with Gasteiger partial charge in [0, 0.05) is 47.9 Å². The number of nitrogens with zero attached hydrogens (tertiary/aromatic N) is 3. The number of methoxy groups -OCH3 is 1. The van der Waals surface area contributed by atoms with E-state index in [0.29, 0.717) is 18.1 Å². The van der Waals surface area contributed by atoms with E-state index in [1.807, 2.05) is 42.3 Å². The zero-order chi connectivity index (χ0) is 26.4. The molecule has 200 valence electrons. The normalized spacial score (nSPS) is 24.4. The number of nitrogens with one attached hydrogen (secondary N) is 2. The average Bonchev–Trinajstić information content (AvgIpc) is 3.45. The van der Waals surface area contributed by atoms with Gasteiger partial charge in [0.05, 0.1) is 18.7 Å². The molecular weight excluding hydrogens is 474 g/mol. The zero-order valence-electron chi connectivity index (χ0n) is 22.9. The molecule has 7 heteroatoms. The highest BCUT2D eigenvalue weighted by atomic mass is 16.5. The van der Waals surface area contributed by atoms with Crippen LogP contribution in [0, 0.1) is 0 Å². The molecule has 7 nitrogen and oxygen atoms in total. The highest BCUT2D eigenvalue weighted by Gasteiger charge is 2.43. The summed E-state index contributed by atoms with van der Waals surface area (Å²) in [5.41, 5.74) is 4.28. The van der Waals surface area contributed by atoms with Gasteiger partial charge in [0.25, 0.3) is 0 Å². The van der Waals surface area contributed by atoms with Crippen LogP contribution in [0.5, 0.6) is 5.75 Å². The molecule has 3 aromatic rings. The molecule has 2 bridgehead atoms. The number of aryl methyl sites for hydroxylation is 1. The van der Waals surface area contributed by atoms with Crippen LogP contribution >= 0.6 is 0 Å². The van der Waals surface area contributed by atoms with Crippen molar-refractivity contribution in [2.45, 2.75) is 82.6 Å². The Balaban J connectivity index is 1.12. The van der Waals surface area contributed by atoms with Crippen molar-refractivity contribution in [1.82, 2.24) is 14.8 Å². The fourth-order valence-corrected chi connectivity index (χ4v) is 7.15. The van der Waals surface area contributed by atoms with Crippen molar-refractivity contribution >= 4 is 28.4 Å². The summed E-state index contributed by atoms with van der Waals surface area (Å²) in [6.45, 7) is 4.58. The van der Waals surface area contributed by atoms with E-state index in [9.17, 15) is 4.79 Å². The lowest BCUT2D eigenvalue weighted by Crippen LogP contribution is -2.53. The lowest BCUT2D eigenvalue weighted by molar-refractivity contribution is 0.0605. The Labute approximate surface area is 225 Å². The fraction of sp³-hybridized carbons (Fsp3) is 0.484. The summed E-state index contributed by atoms with van der Waals surface area (Å²) in [7, 11) is 3.67. The summed E-state index contributed by atoms with van der Waals surface area (Å²) in [6, 6.07) is 18.5. The zero-order valence-corrected chi connectivity index (χ0v) is 22.9. The Bertz CT molecular complexity index is 1330. The second-order valence-corrected chi connectivity index (χ2v) is 11.5. The van der Waals surface area contributed by atoms with Crippen LogP contribution in [0.4, 0.5) is 16.3 Å². The van der Waals surface area contributed by atoms with E-state index in [4.69, 9.17) is 9.72 Å². The quantitative estimate of drug-likeness (QED) is 0.410. The van der Waals surface area contributed by atoms with Gasteiger partial charge < -0.3 is 20.3 Å². The molecule has 1 aliphatic carbocycles. The van der Waals surface area contributed by atoms with Crippen LogP contribution in [0.1, 0.15) is 63.1 Å². The van der Waals surface area contributed by atoms with E-state index in [-0.39, 0.29) is 18.1 Å². The molecule has 6 rings (SSSR count). The van der Waals surface area contributed by atoms with E-state index in [0.717, 1.165) is 53.8 Å². The maximum absolute atomic E-state index is 13.2. The number of rotatable bonds is 6. The Morgan fingerprint density at radius 1 is 1.08 bits per heavy atom. The highest BCUT2D eigenvalue weighted by molar-refractivity contribution is 5.93. The van der Waals surface area contributed by atoms with Gasteiger partial charge >= 0.3 is 6.03 Å². The second-order valence-electron chi connectivity index (χ2n) is 11.5. The molecule has 2 aromatic carbocycles. The topological polar surface area (TPSA) is 69.7 Å². The average molecular weight is 514 g/mol. The maximum atomic E-state index is 13.2. The lowest BCUT2D eigenvalue weighted by Gasteiger charge is -2.44. The molecule has 2 amide bonds. The molecular formula is C31H39N5O2. The van der Waals surface area contributed by atoms with Gasteiger partial charge in [-0.3, -0.25) is 4.90 Å².